The first-order valence-corrected chi connectivity index (χ1v) is 7.80. The van der Waals surface area contributed by atoms with Crippen molar-refractivity contribution in [1.29, 1.82) is 0 Å². The second kappa shape index (κ2) is 5.37. The van der Waals surface area contributed by atoms with Crippen LogP contribution in [0.5, 0.6) is 0 Å². The Morgan fingerprint density at radius 2 is 2.25 bits per heavy atom. The second-order valence-corrected chi connectivity index (χ2v) is 7.79. The molecular formula is C9H17NO4S2. The zero-order valence-electron chi connectivity index (χ0n) is 9.23. The topological polar surface area (TPSA) is 83.5 Å². The molecule has 0 aliphatic carbocycles. The molecular weight excluding hydrogens is 250 g/mol. The Bertz CT molecular complexity index is 347. The summed E-state index contributed by atoms with van der Waals surface area (Å²) in [6, 6.07) is 0. The van der Waals surface area contributed by atoms with Crippen LogP contribution in [0.25, 0.3) is 0 Å². The van der Waals surface area contributed by atoms with Crippen LogP contribution in [0.4, 0.5) is 0 Å². The van der Waals surface area contributed by atoms with Crippen molar-refractivity contribution in [2.45, 2.75) is 30.9 Å². The summed E-state index contributed by atoms with van der Waals surface area (Å²) in [4.78, 5) is 10.3. The molecule has 0 bridgehead atoms. The van der Waals surface area contributed by atoms with Gasteiger partial charge in [0.25, 0.3) is 0 Å². The lowest BCUT2D eigenvalue weighted by Crippen LogP contribution is -2.38. The number of carbonyl (C=O) groups is 1. The van der Waals surface area contributed by atoms with E-state index in [9.17, 15) is 13.2 Å². The van der Waals surface area contributed by atoms with E-state index in [0.29, 0.717) is 6.54 Å². The molecule has 0 radical (unpaired) electrons. The molecule has 7 heteroatoms. The van der Waals surface area contributed by atoms with Crippen LogP contribution in [0.2, 0.25) is 0 Å². The fourth-order valence-corrected chi connectivity index (χ4v) is 3.99. The average molecular weight is 267 g/mol. The highest BCUT2D eigenvalue weighted by Gasteiger charge is 2.30. The van der Waals surface area contributed by atoms with Gasteiger partial charge in [-0.2, -0.15) is 11.8 Å². The zero-order chi connectivity index (χ0) is 12.2. The number of aliphatic carboxylic acids is 1. The maximum absolute atomic E-state index is 11.5. The minimum atomic E-state index is -3.45. The Balaban J connectivity index is 2.38. The summed E-state index contributed by atoms with van der Waals surface area (Å²) in [5.41, 5.74) is 0. The predicted octanol–water partition coefficient (Wildman–Crippen LogP) is 0.666. The third-order valence-corrected chi connectivity index (χ3v) is 5.42. The smallest absolute Gasteiger partial charge is 0.304 e. The van der Waals surface area contributed by atoms with Crippen LogP contribution in [0, 0.1) is 0 Å². The minimum absolute atomic E-state index is 0.0315. The van der Waals surface area contributed by atoms with Crippen molar-refractivity contribution in [2.75, 3.05) is 18.1 Å². The van der Waals surface area contributed by atoms with Crippen LogP contribution in [0.1, 0.15) is 26.2 Å². The number of hydrogen-bond donors (Lipinski definition) is 2. The Hall–Kier alpha value is -0.270. The molecule has 16 heavy (non-hydrogen) atoms. The number of sulfonamides is 1. The van der Waals surface area contributed by atoms with Crippen molar-refractivity contribution in [2.24, 2.45) is 0 Å². The maximum Gasteiger partial charge on any atom is 0.304 e. The quantitative estimate of drug-likeness (QED) is 0.739. The van der Waals surface area contributed by atoms with E-state index in [1.807, 2.05) is 6.92 Å². The zero-order valence-corrected chi connectivity index (χ0v) is 10.9. The fourth-order valence-electron chi connectivity index (χ4n) is 1.53. The summed E-state index contributed by atoms with van der Waals surface area (Å²) in [7, 11) is -3.45. The summed E-state index contributed by atoms with van der Waals surface area (Å²) in [6.45, 7) is 2.42. The molecule has 0 aromatic heterocycles. The van der Waals surface area contributed by atoms with Crippen LogP contribution in [0.15, 0.2) is 0 Å². The van der Waals surface area contributed by atoms with Gasteiger partial charge < -0.3 is 5.11 Å². The van der Waals surface area contributed by atoms with Gasteiger partial charge in [0.2, 0.25) is 10.0 Å². The lowest BCUT2D eigenvalue weighted by molar-refractivity contribution is -0.136. The summed E-state index contributed by atoms with van der Waals surface area (Å²) in [5, 5.41) is 8.41. The largest absolute Gasteiger partial charge is 0.481 e. The summed E-state index contributed by atoms with van der Waals surface area (Å²) in [5.74, 6) is -0.372. The number of hydrogen-bond acceptors (Lipinski definition) is 4. The van der Waals surface area contributed by atoms with Crippen LogP contribution < -0.4 is 4.72 Å². The molecule has 0 aromatic rings. The predicted molar refractivity (Wildman–Crippen MR) is 64.1 cm³/mol. The highest BCUT2D eigenvalue weighted by atomic mass is 32.2. The molecule has 0 spiro atoms. The molecule has 1 saturated heterocycles. The number of nitrogens with one attached hydrogen (secondary N) is 1. The summed E-state index contributed by atoms with van der Waals surface area (Å²) >= 11 is 1.77. The maximum atomic E-state index is 11.5. The molecule has 0 saturated carbocycles. The van der Waals surface area contributed by atoms with Gasteiger partial charge in [-0.3, -0.25) is 4.79 Å². The van der Waals surface area contributed by atoms with Crippen LogP contribution in [-0.4, -0.2) is 42.3 Å². The van der Waals surface area contributed by atoms with E-state index in [4.69, 9.17) is 5.11 Å². The van der Waals surface area contributed by atoms with E-state index in [1.54, 1.807) is 11.8 Å². The standard InChI is InChI=1S/C9H17NO4S2/c1-9(4-2-5-15-9)7-10-16(13,14)6-3-8(11)12/h10H,2-7H2,1H3,(H,11,12). The highest BCUT2D eigenvalue weighted by Crippen LogP contribution is 2.37. The third kappa shape index (κ3) is 4.71. The van der Waals surface area contributed by atoms with E-state index in [0.717, 1.165) is 18.6 Å². The third-order valence-electron chi connectivity index (χ3n) is 2.55. The lowest BCUT2D eigenvalue weighted by Gasteiger charge is -2.22. The molecule has 2 N–H and O–H groups in total. The van der Waals surface area contributed by atoms with Gasteiger partial charge in [0.05, 0.1) is 12.2 Å². The highest BCUT2D eigenvalue weighted by molar-refractivity contribution is 8.01. The van der Waals surface area contributed by atoms with Gasteiger partial charge in [-0.15, -0.1) is 0 Å². The Morgan fingerprint density at radius 1 is 1.56 bits per heavy atom. The Morgan fingerprint density at radius 3 is 2.75 bits per heavy atom. The van der Waals surface area contributed by atoms with Gasteiger partial charge in [0.15, 0.2) is 0 Å². The molecule has 1 aliphatic rings. The number of carboxylic acids is 1. The van der Waals surface area contributed by atoms with Gasteiger partial charge in [0.1, 0.15) is 0 Å². The van der Waals surface area contributed by atoms with Crippen molar-refractivity contribution in [1.82, 2.24) is 4.72 Å². The van der Waals surface area contributed by atoms with Crippen molar-refractivity contribution in [3.05, 3.63) is 0 Å². The molecule has 0 amide bonds. The second-order valence-electron chi connectivity index (χ2n) is 4.19. The first kappa shape index (κ1) is 13.8. The molecule has 1 aliphatic heterocycles. The number of carboxylic acid groups (broad SMARTS) is 1. The van der Waals surface area contributed by atoms with Gasteiger partial charge >= 0.3 is 5.97 Å². The Kier molecular flexibility index (Phi) is 4.63. The van der Waals surface area contributed by atoms with E-state index < -0.39 is 16.0 Å². The van der Waals surface area contributed by atoms with Crippen LogP contribution >= 0.6 is 11.8 Å². The molecule has 1 fully saturated rings. The molecule has 1 unspecified atom stereocenters. The molecule has 94 valence electrons. The van der Waals surface area contributed by atoms with Crippen LogP contribution in [0.3, 0.4) is 0 Å². The molecule has 1 heterocycles. The number of thioether (sulfide) groups is 1. The van der Waals surface area contributed by atoms with Crippen molar-refractivity contribution < 1.29 is 18.3 Å². The minimum Gasteiger partial charge on any atom is -0.481 e. The van der Waals surface area contributed by atoms with E-state index in [2.05, 4.69) is 4.72 Å². The van der Waals surface area contributed by atoms with Gasteiger partial charge in [-0.25, -0.2) is 13.1 Å². The lowest BCUT2D eigenvalue weighted by atomic mass is 10.1. The first-order chi connectivity index (χ1) is 7.33. The van der Waals surface area contributed by atoms with Gasteiger partial charge in [-0.05, 0) is 25.5 Å². The SMILES string of the molecule is CC1(CNS(=O)(=O)CCC(=O)O)CCCS1. The van der Waals surface area contributed by atoms with Crippen molar-refractivity contribution in [3.63, 3.8) is 0 Å². The van der Waals surface area contributed by atoms with Gasteiger partial charge in [0, 0.05) is 11.3 Å². The first-order valence-electron chi connectivity index (χ1n) is 5.16. The molecule has 0 aromatic carbocycles. The Labute approximate surface area is 100 Å². The van der Waals surface area contributed by atoms with Crippen LogP contribution in [-0.2, 0) is 14.8 Å². The molecule has 5 nitrogen and oxygen atoms in total. The van der Waals surface area contributed by atoms with E-state index in [-0.39, 0.29) is 16.9 Å². The van der Waals surface area contributed by atoms with E-state index in [1.165, 1.54) is 0 Å². The average Bonchev–Trinajstić information content (AvgIpc) is 2.61. The molecule has 1 rings (SSSR count). The fraction of sp³-hybridized carbons (Fsp3) is 0.889. The van der Waals surface area contributed by atoms with E-state index >= 15 is 0 Å². The molecule has 1 atom stereocenters. The van der Waals surface area contributed by atoms with Crippen molar-refractivity contribution >= 4 is 27.8 Å². The monoisotopic (exact) mass is 267 g/mol. The summed E-state index contributed by atoms with van der Waals surface area (Å²) in [6.07, 6.45) is 1.76. The normalized spacial score (nSPS) is 25.8. The van der Waals surface area contributed by atoms with Gasteiger partial charge in [-0.1, -0.05) is 0 Å². The summed E-state index contributed by atoms with van der Waals surface area (Å²) < 4.78 is 25.4. The number of rotatable bonds is 6. The van der Waals surface area contributed by atoms with Crippen molar-refractivity contribution in [3.8, 4) is 0 Å².